The molecule has 3 heterocycles. The SMILES string of the molecule is Cc1ccc(-c2ccc(C(=O)NC3(C(=O)O)CCSCC3)s2)o1. The number of thioether (sulfide) groups is 1. The van der Waals surface area contributed by atoms with Gasteiger partial charge >= 0.3 is 5.97 Å². The molecule has 5 nitrogen and oxygen atoms in total. The van der Waals surface area contributed by atoms with E-state index in [0.717, 1.165) is 22.1 Å². The highest BCUT2D eigenvalue weighted by Crippen LogP contribution is 2.31. The van der Waals surface area contributed by atoms with Crippen LogP contribution in [0.5, 0.6) is 0 Å². The van der Waals surface area contributed by atoms with E-state index < -0.39 is 11.5 Å². The lowest BCUT2D eigenvalue weighted by molar-refractivity contribution is -0.144. The molecule has 0 aromatic carbocycles. The Morgan fingerprint density at radius 2 is 1.96 bits per heavy atom. The minimum atomic E-state index is -1.15. The number of carboxylic acids is 1. The van der Waals surface area contributed by atoms with E-state index in [0.29, 0.717) is 23.5 Å². The smallest absolute Gasteiger partial charge is 0.329 e. The third-order valence-corrected chi connectivity index (χ3v) is 6.01. The normalized spacial score (nSPS) is 16.9. The van der Waals surface area contributed by atoms with Crippen molar-refractivity contribution in [2.24, 2.45) is 0 Å². The molecule has 0 aliphatic carbocycles. The first-order valence-corrected chi connectivity index (χ1v) is 9.28. The predicted octanol–water partition coefficient (Wildman–Crippen LogP) is 3.40. The van der Waals surface area contributed by atoms with Gasteiger partial charge in [0.25, 0.3) is 5.91 Å². The molecule has 122 valence electrons. The zero-order valence-corrected chi connectivity index (χ0v) is 14.3. The second kappa shape index (κ2) is 6.41. The number of hydrogen-bond acceptors (Lipinski definition) is 5. The third-order valence-electron chi connectivity index (χ3n) is 3.92. The van der Waals surface area contributed by atoms with Gasteiger partial charge in [-0.05, 0) is 55.5 Å². The molecular formula is C16H17NO4S2. The van der Waals surface area contributed by atoms with Crippen LogP contribution in [-0.4, -0.2) is 34.0 Å². The van der Waals surface area contributed by atoms with Gasteiger partial charge in [-0.2, -0.15) is 11.8 Å². The van der Waals surface area contributed by atoms with Gasteiger partial charge in [0.1, 0.15) is 17.1 Å². The zero-order valence-electron chi connectivity index (χ0n) is 12.6. The first-order valence-electron chi connectivity index (χ1n) is 7.30. The number of carboxylic acid groups (broad SMARTS) is 1. The first kappa shape index (κ1) is 16.1. The maximum absolute atomic E-state index is 12.5. The van der Waals surface area contributed by atoms with Crippen molar-refractivity contribution in [2.75, 3.05) is 11.5 Å². The Balaban J connectivity index is 1.78. The topological polar surface area (TPSA) is 79.5 Å². The molecule has 3 rings (SSSR count). The summed E-state index contributed by atoms with van der Waals surface area (Å²) in [5.74, 6) is 1.72. The molecule has 2 N–H and O–H groups in total. The Kier molecular flexibility index (Phi) is 4.50. The predicted molar refractivity (Wildman–Crippen MR) is 91.2 cm³/mol. The van der Waals surface area contributed by atoms with Crippen molar-refractivity contribution in [3.8, 4) is 10.6 Å². The van der Waals surface area contributed by atoms with Crippen molar-refractivity contribution in [1.82, 2.24) is 5.32 Å². The van der Waals surface area contributed by atoms with Gasteiger partial charge < -0.3 is 14.8 Å². The molecule has 7 heteroatoms. The van der Waals surface area contributed by atoms with Gasteiger partial charge in [0.2, 0.25) is 0 Å². The molecule has 1 saturated heterocycles. The summed E-state index contributed by atoms with van der Waals surface area (Å²) < 4.78 is 5.55. The van der Waals surface area contributed by atoms with Crippen LogP contribution >= 0.6 is 23.1 Å². The minimum Gasteiger partial charge on any atom is -0.480 e. The minimum absolute atomic E-state index is 0.334. The van der Waals surface area contributed by atoms with Gasteiger partial charge in [0.15, 0.2) is 0 Å². The highest BCUT2D eigenvalue weighted by atomic mass is 32.2. The number of aryl methyl sites for hydroxylation is 1. The number of thiophene rings is 1. The van der Waals surface area contributed by atoms with Crippen molar-refractivity contribution >= 4 is 35.0 Å². The van der Waals surface area contributed by atoms with Crippen LogP contribution in [0.25, 0.3) is 10.6 Å². The van der Waals surface area contributed by atoms with Crippen molar-refractivity contribution in [1.29, 1.82) is 0 Å². The van der Waals surface area contributed by atoms with E-state index in [1.54, 1.807) is 17.8 Å². The molecule has 0 atom stereocenters. The molecule has 23 heavy (non-hydrogen) atoms. The summed E-state index contributed by atoms with van der Waals surface area (Å²) in [6.45, 7) is 1.86. The van der Waals surface area contributed by atoms with Gasteiger partial charge in [0.05, 0.1) is 9.75 Å². The molecule has 0 radical (unpaired) electrons. The average Bonchev–Trinajstić information content (AvgIpc) is 3.16. The highest BCUT2D eigenvalue weighted by Gasteiger charge is 2.41. The summed E-state index contributed by atoms with van der Waals surface area (Å²) in [4.78, 5) is 25.5. The van der Waals surface area contributed by atoms with Crippen molar-refractivity contribution in [3.63, 3.8) is 0 Å². The number of carbonyl (C=O) groups excluding carboxylic acids is 1. The standard InChI is InChI=1S/C16H17NO4S2/c1-10-2-3-11(21-10)12-4-5-13(23-12)14(18)17-16(15(19)20)6-8-22-9-7-16/h2-5H,6-9H2,1H3,(H,17,18)(H,19,20). The van der Waals surface area contributed by atoms with E-state index in [4.69, 9.17) is 4.42 Å². The van der Waals surface area contributed by atoms with Crippen molar-refractivity contribution in [3.05, 3.63) is 34.9 Å². The Hall–Kier alpha value is -1.73. The van der Waals surface area contributed by atoms with Gasteiger partial charge in [0, 0.05) is 0 Å². The second-order valence-electron chi connectivity index (χ2n) is 5.53. The van der Waals surface area contributed by atoms with Crippen LogP contribution in [0.15, 0.2) is 28.7 Å². The van der Waals surface area contributed by atoms with E-state index in [2.05, 4.69) is 5.32 Å². The number of furan rings is 1. The van der Waals surface area contributed by atoms with Crippen LogP contribution < -0.4 is 5.32 Å². The van der Waals surface area contributed by atoms with Crippen LogP contribution in [0, 0.1) is 6.92 Å². The lowest BCUT2D eigenvalue weighted by atomic mass is 9.92. The number of rotatable bonds is 4. The van der Waals surface area contributed by atoms with E-state index in [9.17, 15) is 14.7 Å². The lowest BCUT2D eigenvalue weighted by Crippen LogP contribution is -2.56. The molecule has 1 aliphatic rings. The number of nitrogens with one attached hydrogen (secondary N) is 1. The molecule has 2 aromatic rings. The summed E-state index contributed by atoms with van der Waals surface area (Å²) in [6.07, 6.45) is 0.905. The fourth-order valence-corrected chi connectivity index (χ4v) is 4.60. The van der Waals surface area contributed by atoms with Crippen LogP contribution in [0.4, 0.5) is 0 Å². The largest absolute Gasteiger partial charge is 0.480 e. The third kappa shape index (κ3) is 3.30. The summed E-state index contributed by atoms with van der Waals surface area (Å²) >= 11 is 3.02. The Morgan fingerprint density at radius 1 is 1.22 bits per heavy atom. The number of carbonyl (C=O) groups is 2. The lowest BCUT2D eigenvalue weighted by Gasteiger charge is -2.33. The average molecular weight is 351 g/mol. The van der Waals surface area contributed by atoms with Crippen LogP contribution in [0.2, 0.25) is 0 Å². The van der Waals surface area contributed by atoms with Crippen LogP contribution in [-0.2, 0) is 4.79 Å². The maximum atomic E-state index is 12.5. The van der Waals surface area contributed by atoms with Crippen molar-refractivity contribution in [2.45, 2.75) is 25.3 Å². The first-order chi connectivity index (χ1) is 11.0. The zero-order chi connectivity index (χ0) is 16.4. The summed E-state index contributed by atoms with van der Waals surface area (Å²) in [5, 5.41) is 12.3. The van der Waals surface area contributed by atoms with Crippen LogP contribution in [0.3, 0.4) is 0 Å². The summed E-state index contributed by atoms with van der Waals surface area (Å²) in [5.41, 5.74) is -1.15. The number of hydrogen-bond donors (Lipinski definition) is 2. The Labute approximate surface area is 142 Å². The van der Waals surface area contributed by atoms with Gasteiger partial charge in [-0.3, -0.25) is 4.79 Å². The van der Waals surface area contributed by atoms with E-state index in [-0.39, 0.29) is 5.91 Å². The molecule has 1 aliphatic heterocycles. The highest BCUT2D eigenvalue weighted by molar-refractivity contribution is 7.99. The van der Waals surface area contributed by atoms with Crippen molar-refractivity contribution < 1.29 is 19.1 Å². The number of aliphatic carboxylic acids is 1. The molecule has 0 bridgehead atoms. The molecule has 1 amide bonds. The molecule has 0 unspecified atom stereocenters. The van der Waals surface area contributed by atoms with Gasteiger partial charge in [-0.15, -0.1) is 11.3 Å². The van der Waals surface area contributed by atoms with E-state index in [1.165, 1.54) is 11.3 Å². The summed E-state index contributed by atoms with van der Waals surface area (Å²) in [7, 11) is 0. The molecule has 0 saturated carbocycles. The molecular weight excluding hydrogens is 334 g/mol. The quantitative estimate of drug-likeness (QED) is 0.882. The molecule has 1 fully saturated rings. The van der Waals surface area contributed by atoms with Gasteiger partial charge in [-0.1, -0.05) is 0 Å². The summed E-state index contributed by atoms with van der Waals surface area (Å²) in [6, 6.07) is 7.26. The van der Waals surface area contributed by atoms with Crippen LogP contribution in [0.1, 0.15) is 28.3 Å². The van der Waals surface area contributed by atoms with E-state index >= 15 is 0 Å². The fourth-order valence-electron chi connectivity index (χ4n) is 2.55. The van der Waals surface area contributed by atoms with E-state index in [1.807, 2.05) is 25.1 Å². The maximum Gasteiger partial charge on any atom is 0.329 e. The monoisotopic (exact) mass is 351 g/mol. The fraction of sp³-hybridized carbons (Fsp3) is 0.375. The Morgan fingerprint density at radius 3 is 2.57 bits per heavy atom. The Bertz CT molecular complexity index is 728. The molecule has 2 aromatic heterocycles. The van der Waals surface area contributed by atoms with Gasteiger partial charge in [-0.25, -0.2) is 4.79 Å². The number of amides is 1. The second-order valence-corrected chi connectivity index (χ2v) is 7.84. The molecule has 0 spiro atoms.